The molecule has 0 unspecified atom stereocenters. The molecule has 0 aliphatic rings. The zero-order valence-corrected chi connectivity index (χ0v) is 7.06. The quantitative estimate of drug-likeness (QED) is 0.525. The molecule has 0 atom stereocenters. The fraction of sp³-hybridized carbons (Fsp3) is 0.125. The molecule has 2 heterocycles. The summed E-state index contributed by atoms with van der Waals surface area (Å²) in [6.45, 7) is 1.67. The molecule has 0 N–H and O–H groups in total. The molecule has 2 aromatic rings. The van der Waals surface area contributed by atoms with Crippen molar-refractivity contribution < 1.29 is 0 Å². The van der Waals surface area contributed by atoms with Crippen LogP contribution in [-0.2, 0) is 0 Å². The Kier molecular flexibility index (Phi) is 1.65. The third kappa shape index (κ3) is 1.12. The predicted octanol–water partition coefficient (Wildman–Crippen LogP) is 0.0315. The van der Waals surface area contributed by atoms with E-state index in [0.29, 0.717) is 16.9 Å². The number of fused-ring (bicyclic) bond motifs is 1. The zero-order valence-electron chi connectivity index (χ0n) is 7.06. The third-order valence-electron chi connectivity index (χ3n) is 1.84. The summed E-state index contributed by atoms with van der Waals surface area (Å²) in [5, 5.41) is 0. The van der Waals surface area contributed by atoms with Gasteiger partial charge in [0.15, 0.2) is 5.52 Å². The van der Waals surface area contributed by atoms with E-state index in [0.717, 1.165) is 4.48 Å². The molecule has 0 aliphatic carbocycles. The van der Waals surface area contributed by atoms with Crippen LogP contribution in [0.3, 0.4) is 0 Å². The minimum atomic E-state index is -0.317. The Bertz CT molecular complexity index is 520. The smallest absolute Gasteiger partial charge is 0.266 e. The normalized spacial score (nSPS) is 10.5. The van der Waals surface area contributed by atoms with Gasteiger partial charge >= 0.3 is 0 Å². The average Bonchev–Trinajstić information content (AvgIpc) is 2.15. The first kappa shape index (κ1) is 7.98. The van der Waals surface area contributed by atoms with Gasteiger partial charge in [-0.25, -0.2) is 9.97 Å². The largest absolute Gasteiger partial charge is 0.353 e. The van der Waals surface area contributed by atoms with Gasteiger partial charge < -0.3 is 4.48 Å². The average molecular weight is 171 g/mol. The van der Waals surface area contributed by atoms with Gasteiger partial charge in [0, 0.05) is 6.20 Å². The van der Waals surface area contributed by atoms with Crippen LogP contribution in [-0.4, -0.2) is 22.4 Å². The number of hydrogen-bond acceptors (Lipinski definition) is 3. The first-order chi connectivity index (χ1) is 6.20. The molecule has 2 rings (SSSR count). The minimum Gasteiger partial charge on any atom is -0.353 e. The molecule has 5 heteroatoms. The molecule has 0 saturated carbocycles. The summed E-state index contributed by atoms with van der Waals surface area (Å²) in [6, 6.07) is 3.46. The van der Waals surface area contributed by atoms with E-state index in [1.807, 2.05) is 0 Å². The molecule has 0 bridgehead atoms. The number of nitrogens with zero attached hydrogens (tertiary/aromatic N) is 3. The summed E-state index contributed by atoms with van der Waals surface area (Å²) in [4.78, 5) is 19.5. The van der Waals surface area contributed by atoms with Crippen LogP contribution in [0.25, 0.3) is 11.0 Å². The number of hydrogen-bond donors (Lipinski definition) is 0. The van der Waals surface area contributed by atoms with Gasteiger partial charge in [0.05, 0.1) is 11.3 Å². The first-order valence-electron chi connectivity index (χ1n) is 3.79. The highest BCUT2D eigenvalue weighted by atomic mass is 16.1. The summed E-state index contributed by atoms with van der Waals surface area (Å²) in [5.41, 5.74) is 0.561. The van der Waals surface area contributed by atoms with Crippen molar-refractivity contribution in [1.29, 1.82) is 0 Å². The van der Waals surface area contributed by atoms with E-state index in [2.05, 4.69) is 9.97 Å². The fourth-order valence-electron chi connectivity index (χ4n) is 1.14. The van der Waals surface area contributed by atoms with Crippen molar-refractivity contribution in [2.45, 2.75) is 6.92 Å². The topological polar surface area (TPSA) is 47.8 Å². The van der Waals surface area contributed by atoms with E-state index in [4.69, 9.17) is 7.98 Å². The van der Waals surface area contributed by atoms with Crippen LogP contribution in [0.15, 0.2) is 23.1 Å². The van der Waals surface area contributed by atoms with Crippen LogP contribution in [0.5, 0.6) is 0 Å². The maximum atomic E-state index is 11.5. The maximum Gasteiger partial charge on any atom is 0.266 e. The Labute approximate surface area is 75.7 Å². The molecule has 0 aromatic carbocycles. The predicted molar refractivity (Wildman–Crippen MR) is 49.7 cm³/mol. The first-order valence-corrected chi connectivity index (χ1v) is 3.79. The van der Waals surface area contributed by atoms with E-state index in [9.17, 15) is 4.79 Å². The lowest BCUT2D eigenvalue weighted by Crippen LogP contribution is -2.22. The Morgan fingerprint density at radius 3 is 3.08 bits per heavy atom. The Morgan fingerprint density at radius 1 is 1.54 bits per heavy atom. The van der Waals surface area contributed by atoms with E-state index >= 15 is 0 Å². The second kappa shape index (κ2) is 2.69. The van der Waals surface area contributed by atoms with E-state index in [-0.39, 0.29) is 5.56 Å². The maximum absolute atomic E-state index is 11.5. The lowest BCUT2D eigenvalue weighted by atomic mass is 10.3. The molecule has 2 aromatic heterocycles. The lowest BCUT2D eigenvalue weighted by Gasteiger charge is -2.03. The molecule has 0 fully saturated rings. The highest BCUT2D eigenvalue weighted by Gasteiger charge is 2.03. The summed E-state index contributed by atoms with van der Waals surface area (Å²) >= 11 is 0. The van der Waals surface area contributed by atoms with E-state index in [1.165, 1.54) is 0 Å². The zero-order chi connectivity index (χ0) is 9.42. The van der Waals surface area contributed by atoms with Gasteiger partial charge in [0.25, 0.3) is 5.56 Å². The summed E-state index contributed by atoms with van der Waals surface area (Å²) in [7, 11) is 5.45. The molecule has 0 amide bonds. The van der Waals surface area contributed by atoms with Gasteiger partial charge in [-0.3, -0.25) is 4.79 Å². The highest BCUT2D eigenvalue weighted by molar-refractivity contribution is 6.07. The second-order valence-electron chi connectivity index (χ2n) is 2.71. The van der Waals surface area contributed by atoms with Crippen molar-refractivity contribution in [3.05, 3.63) is 34.5 Å². The number of pyridine rings is 1. The minimum absolute atomic E-state index is 0.301. The SMILES string of the molecule is [B]n1c(C)nc2cccnc2c1=O. The molecule has 0 spiro atoms. The van der Waals surface area contributed by atoms with Crippen LogP contribution < -0.4 is 5.56 Å². The molecule has 62 valence electrons. The fourth-order valence-corrected chi connectivity index (χ4v) is 1.14. The Morgan fingerprint density at radius 2 is 2.31 bits per heavy atom. The molecule has 0 saturated heterocycles. The monoisotopic (exact) mass is 171 g/mol. The Hall–Kier alpha value is -1.65. The molecule has 13 heavy (non-hydrogen) atoms. The third-order valence-corrected chi connectivity index (χ3v) is 1.84. The van der Waals surface area contributed by atoms with Crippen LogP contribution in [0, 0.1) is 6.92 Å². The summed E-state index contributed by atoms with van der Waals surface area (Å²) < 4.78 is 0.995. The number of rotatable bonds is 0. The molecular weight excluding hydrogens is 165 g/mol. The Balaban J connectivity index is 3.03. The molecular formula is C8H6BN3O. The van der Waals surface area contributed by atoms with Crippen molar-refractivity contribution in [3.63, 3.8) is 0 Å². The molecule has 0 aliphatic heterocycles. The highest BCUT2D eigenvalue weighted by Crippen LogP contribution is 2.02. The van der Waals surface area contributed by atoms with Gasteiger partial charge in [0.1, 0.15) is 0 Å². The van der Waals surface area contributed by atoms with Crippen LogP contribution >= 0.6 is 0 Å². The number of aromatic nitrogens is 3. The van der Waals surface area contributed by atoms with Gasteiger partial charge in [-0.2, -0.15) is 0 Å². The van der Waals surface area contributed by atoms with Crippen molar-refractivity contribution in [3.8, 4) is 0 Å². The van der Waals surface area contributed by atoms with Crippen molar-refractivity contribution in [1.82, 2.24) is 14.4 Å². The van der Waals surface area contributed by atoms with Gasteiger partial charge in [-0.15, -0.1) is 0 Å². The van der Waals surface area contributed by atoms with Crippen LogP contribution in [0.1, 0.15) is 5.82 Å². The van der Waals surface area contributed by atoms with Crippen LogP contribution in [0.4, 0.5) is 0 Å². The summed E-state index contributed by atoms with van der Waals surface area (Å²) in [6.07, 6.45) is 1.54. The van der Waals surface area contributed by atoms with Crippen molar-refractivity contribution >= 4 is 19.0 Å². The lowest BCUT2D eigenvalue weighted by molar-refractivity contribution is 0.978. The van der Waals surface area contributed by atoms with Crippen molar-refractivity contribution in [2.24, 2.45) is 0 Å². The van der Waals surface area contributed by atoms with E-state index in [1.54, 1.807) is 25.3 Å². The van der Waals surface area contributed by atoms with Crippen LogP contribution in [0.2, 0.25) is 0 Å². The van der Waals surface area contributed by atoms with Gasteiger partial charge in [-0.05, 0) is 19.1 Å². The standard InChI is InChI=1S/C8H6BN3O/c1-5-11-6-3-2-4-10-7(6)8(13)12(5)9/h2-4H,1H3. The summed E-state index contributed by atoms with van der Waals surface area (Å²) in [5.74, 6) is 0.477. The van der Waals surface area contributed by atoms with Crippen molar-refractivity contribution in [2.75, 3.05) is 0 Å². The number of aryl methyl sites for hydroxylation is 1. The van der Waals surface area contributed by atoms with Gasteiger partial charge in [-0.1, -0.05) is 0 Å². The molecule has 4 nitrogen and oxygen atoms in total. The second-order valence-corrected chi connectivity index (χ2v) is 2.71. The van der Waals surface area contributed by atoms with E-state index < -0.39 is 0 Å². The van der Waals surface area contributed by atoms with Gasteiger partial charge in [0.2, 0.25) is 7.98 Å². The molecule has 2 radical (unpaired) electrons.